The van der Waals surface area contributed by atoms with Crippen LogP contribution in [0.15, 0.2) is 77.8 Å². The van der Waals surface area contributed by atoms with Crippen molar-refractivity contribution >= 4 is 21.6 Å². The van der Waals surface area contributed by atoms with Crippen LogP contribution in [0.5, 0.6) is 11.6 Å². The number of carbonyl (C=O) groups is 1. The summed E-state index contributed by atoms with van der Waals surface area (Å²) >= 11 is 0. The summed E-state index contributed by atoms with van der Waals surface area (Å²) in [6.45, 7) is 1.34. The number of morpholine rings is 1. The summed E-state index contributed by atoms with van der Waals surface area (Å²) in [7, 11) is -3.65. The number of nitrogens with one attached hydrogen (secondary N) is 1. The van der Waals surface area contributed by atoms with Gasteiger partial charge in [-0.25, -0.2) is 13.4 Å². The van der Waals surface area contributed by atoms with Crippen molar-refractivity contribution < 1.29 is 22.7 Å². The fourth-order valence-corrected chi connectivity index (χ4v) is 4.54. The topological polar surface area (TPSA) is 97.8 Å². The molecule has 1 saturated heterocycles. The number of amides is 1. The Morgan fingerprint density at radius 1 is 1.00 bits per heavy atom. The molecule has 8 nitrogen and oxygen atoms in total. The predicted octanol–water partition coefficient (Wildman–Crippen LogP) is 3.15. The minimum absolute atomic E-state index is 0.120. The lowest BCUT2D eigenvalue weighted by molar-refractivity contribution is 0.0730. The van der Waals surface area contributed by atoms with E-state index < -0.39 is 15.9 Å². The van der Waals surface area contributed by atoms with Crippen molar-refractivity contribution in [1.29, 1.82) is 0 Å². The number of pyridine rings is 1. The van der Waals surface area contributed by atoms with E-state index in [1.165, 1.54) is 28.7 Å². The number of sulfonamides is 1. The lowest BCUT2D eigenvalue weighted by Crippen LogP contribution is -2.40. The zero-order valence-corrected chi connectivity index (χ0v) is 17.4. The Bertz CT molecular complexity index is 1160. The zero-order chi connectivity index (χ0) is 21.7. The van der Waals surface area contributed by atoms with Crippen LogP contribution in [-0.2, 0) is 14.8 Å². The molecule has 0 bridgehead atoms. The predicted molar refractivity (Wildman–Crippen MR) is 115 cm³/mol. The summed E-state index contributed by atoms with van der Waals surface area (Å²) < 4.78 is 38.0. The first-order valence-corrected chi connectivity index (χ1v) is 11.1. The molecule has 1 aliphatic rings. The molecule has 0 spiro atoms. The van der Waals surface area contributed by atoms with Gasteiger partial charge in [-0.3, -0.25) is 4.79 Å². The first-order valence-electron chi connectivity index (χ1n) is 9.71. The van der Waals surface area contributed by atoms with E-state index in [2.05, 4.69) is 10.3 Å². The van der Waals surface area contributed by atoms with E-state index in [9.17, 15) is 13.2 Å². The minimum atomic E-state index is -3.65. The Hall–Kier alpha value is -3.27. The van der Waals surface area contributed by atoms with E-state index in [0.717, 1.165) is 0 Å². The SMILES string of the molecule is O=C(Nc1cccc(S(=O)(=O)N2CCOCC2)c1)c1ccnc(Oc2ccccc2)c1. The summed E-state index contributed by atoms with van der Waals surface area (Å²) in [6.07, 6.45) is 1.48. The molecule has 1 aliphatic heterocycles. The molecule has 0 radical (unpaired) electrons. The monoisotopic (exact) mass is 439 g/mol. The fourth-order valence-electron chi connectivity index (χ4n) is 3.09. The highest BCUT2D eigenvalue weighted by Gasteiger charge is 2.26. The van der Waals surface area contributed by atoms with Gasteiger partial charge in [-0.2, -0.15) is 4.31 Å². The highest BCUT2D eigenvalue weighted by Crippen LogP contribution is 2.22. The smallest absolute Gasteiger partial charge is 0.255 e. The molecule has 1 aromatic heterocycles. The van der Waals surface area contributed by atoms with Crippen LogP contribution in [0.25, 0.3) is 0 Å². The molecule has 3 aromatic rings. The van der Waals surface area contributed by atoms with Crippen LogP contribution >= 0.6 is 0 Å². The van der Waals surface area contributed by atoms with Crippen LogP contribution < -0.4 is 10.1 Å². The van der Waals surface area contributed by atoms with Crippen molar-refractivity contribution in [2.24, 2.45) is 0 Å². The molecule has 2 heterocycles. The van der Waals surface area contributed by atoms with E-state index in [1.54, 1.807) is 30.3 Å². The quantitative estimate of drug-likeness (QED) is 0.634. The number of aromatic nitrogens is 1. The molecule has 9 heteroatoms. The number of para-hydroxylation sites is 1. The summed E-state index contributed by atoms with van der Waals surface area (Å²) in [5.74, 6) is 0.484. The minimum Gasteiger partial charge on any atom is -0.439 e. The number of anilines is 1. The Labute approximate surface area is 180 Å². The molecule has 1 amide bonds. The zero-order valence-electron chi connectivity index (χ0n) is 16.6. The highest BCUT2D eigenvalue weighted by atomic mass is 32.2. The maximum absolute atomic E-state index is 12.8. The standard InChI is InChI=1S/C22H21N3O5S/c26-22(17-9-10-23-21(15-17)30-19-6-2-1-3-7-19)24-18-5-4-8-20(16-18)31(27,28)25-11-13-29-14-12-25/h1-10,15-16H,11-14H2,(H,24,26). The van der Waals surface area contributed by atoms with E-state index in [4.69, 9.17) is 9.47 Å². The number of benzene rings is 2. The maximum atomic E-state index is 12.8. The van der Waals surface area contributed by atoms with Crippen molar-refractivity contribution in [2.75, 3.05) is 31.6 Å². The second-order valence-electron chi connectivity index (χ2n) is 6.80. The first kappa shape index (κ1) is 21.0. The average molecular weight is 439 g/mol. The van der Waals surface area contributed by atoms with Crippen LogP contribution in [0, 0.1) is 0 Å². The summed E-state index contributed by atoms with van der Waals surface area (Å²) in [5.41, 5.74) is 0.712. The number of nitrogens with zero attached hydrogens (tertiary/aromatic N) is 2. The Morgan fingerprint density at radius 2 is 1.77 bits per heavy atom. The highest BCUT2D eigenvalue weighted by molar-refractivity contribution is 7.89. The second-order valence-corrected chi connectivity index (χ2v) is 8.73. The van der Waals surface area contributed by atoms with E-state index >= 15 is 0 Å². The number of rotatable bonds is 6. The summed E-state index contributed by atoms with van der Waals surface area (Å²) in [5, 5.41) is 2.73. The lowest BCUT2D eigenvalue weighted by atomic mass is 10.2. The van der Waals surface area contributed by atoms with Gasteiger partial charge in [0.2, 0.25) is 15.9 Å². The van der Waals surface area contributed by atoms with Crippen LogP contribution in [0.1, 0.15) is 10.4 Å². The third-order valence-corrected chi connectivity index (χ3v) is 6.56. The molecule has 0 unspecified atom stereocenters. The van der Waals surface area contributed by atoms with E-state index in [1.807, 2.05) is 18.2 Å². The largest absolute Gasteiger partial charge is 0.439 e. The molecule has 2 aromatic carbocycles. The normalized spacial score (nSPS) is 14.7. The van der Waals surface area contributed by atoms with Crippen molar-refractivity contribution in [1.82, 2.24) is 9.29 Å². The molecule has 31 heavy (non-hydrogen) atoms. The van der Waals surface area contributed by atoms with Gasteiger partial charge in [0.05, 0.1) is 18.1 Å². The van der Waals surface area contributed by atoms with Gasteiger partial charge in [0.1, 0.15) is 5.75 Å². The summed E-state index contributed by atoms with van der Waals surface area (Å²) in [4.78, 5) is 17.0. The van der Waals surface area contributed by atoms with Gasteiger partial charge in [-0.15, -0.1) is 0 Å². The maximum Gasteiger partial charge on any atom is 0.255 e. The second kappa shape index (κ2) is 9.25. The third kappa shape index (κ3) is 5.08. The molecule has 0 saturated carbocycles. The number of ether oxygens (including phenoxy) is 2. The number of hydrogen-bond acceptors (Lipinski definition) is 6. The van der Waals surface area contributed by atoms with Crippen molar-refractivity contribution in [2.45, 2.75) is 4.90 Å². The number of hydrogen-bond donors (Lipinski definition) is 1. The van der Waals surface area contributed by atoms with Gasteiger partial charge >= 0.3 is 0 Å². The molecule has 4 rings (SSSR count). The van der Waals surface area contributed by atoms with Gasteiger partial charge in [0.25, 0.3) is 5.91 Å². The molecule has 160 valence electrons. The first-order chi connectivity index (χ1) is 15.0. The third-order valence-electron chi connectivity index (χ3n) is 4.66. The Kier molecular flexibility index (Phi) is 6.26. The van der Waals surface area contributed by atoms with Crippen LogP contribution in [0.3, 0.4) is 0 Å². The van der Waals surface area contributed by atoms with E-state index in [0.29, 0.717) is 43.3 Å². The Morgan fingerprint density at radius 3 is 2.55 bits per heavy atom. The van der Waals surface area contributed by atoms with Gasteiger partial charge < -0.3 is 14.8 Å². The molecular formula is C22H21N3O5S. The van der Waals surface area contributed by atoms with Crippen molar-refractivity contribution in [3.63, 3.8) is 0 Å². The molecule has 1 N–H and O–H groups in total. The molecule has 0 aliphatic carbocycles. The average Bonchev–Trinajstić information content (AvgIpc) is 2.81. The van der Waals surface area contributed by atoms with Gasteiger partial charge in [0.15, 0.2) is 0 Å². The Balaban J connectivity index is 1.49. The van der Waals surface area contributed by atoms with Gasteiger partial charge in [-0.1, -0.05) is 24.3 Å². The van der Waals surface area contributed by atoms with Crippen LogP contribution in [0.2, 0.25) is 0 Å². The molecule has 0 atom stereocenters. The lowest BCUT2D eigenvalue weighted by Gasteiger charge is -2.26. The van der Waals surface area contributed by atoms with Crippen LogP contribution in [0.4, 0.5) is 5.69 Å². The van der Waals surface area contributed by atoms with Crippen molar-refractivity contribution in [3.8, 4) is 11.6 Å². The van der Waals surface area contributed by atoms with Gasteiger partial charge in [-0.05, 0) is 36.4 Å². The van der Waals surface area contributed by atoms with Gasteiger partial charge in [0, 0.05) is 36.6 Å². The molecule has 1 fully saturated rings. The van der Waals surface area contributed by atoms with E-state index in [-0.39, 0.29) is 10.8 Å². The van der Waals surface area contributed by atoms with Crippen molar-refractivity contribution in [3.05, 3.63) is 78.5 Å². The molecular weight excluding hydrogens is 418 g/mol. The number of carbonyl (C=O) groups excluding carboxylic acids is 1. The summed E-state index contributed by atoms with van der Waals surface area (Å²) in [6, 6.07) is 18.4. The van der Waals surface area contributed by atoms with Crippen LogP contribution in [-0.4, -0.2) is 49.9 Å². The fraction of sp³-hybridized carbons (Fsp3) is 0.182.